The molecule has 3 nitrogen and oxygen atoms in total. The Labute approximate surface area is 106 Å². The summed E-state index contributed by atoms with van der Waals surface area (Å²) in [5, 5.41) is -0.869. The first-order valence-corrected chi connectivity index (χ1v) is 6.91. The highest BCUT2D eigenvalue weighted by Crippen LogP contribution is 2.16. The van der Waals surface area contributed by atoms with Gasteiger partial charge in [-0.25, -0.2) is 8.42 Å². The Morgan fingerprint density at radius 3 is 2.00 bits per heavy atom. The molecule has 0 atom stereocenters. The van der Waals surface area contributed by atoms with Crippen LogP contribution in [0.3, 0.4) is 0 Å². The Bertz CT molecular complexity index is 656. The minimum atomic E-state index is -3.95. The zero-order chi connectivity index (χ0) is 13.2. The van der Waals surface area contributed by atoms with Crippen LogP contribution < -0.4 is 0 Å². The van der Waals surface area contributed by atoms with Crippen molar-refractivity contribution in [1.29, 1.82) is 0 Å². The second-order valence-corrected chi connectivity index (χ2v) is 5.82. The number of sulfone groups is 1. The lowest BCUT2D eigenvalue weighted by Gasteiger charge is -2.03. The fourth-order valence-electron chi connectivity index (χ4n) is 1.55. The van der Waals surface area contributed by atoms with Crippen LogP contribution in [0.25, 0.3) is 0 Å². The molecule has 0 aliphatic carbocycles. The fraction of sp³-hybridized carbons (Fsp3) is 0.0714. The Morgan fingerprint density at radius 2 is 1.44 bits per heavy atom. The molecule has 4 heteroatoms. The molecule has 18 heavy (non-hydrogen) atoms. The van der Waals surface area contributed by atoms with E-state index in [2.05, 4.69) is 0 Å². The molecule has 0 aliphatic rings. The van der Waals surface area contributed by atoms with Crippen molar-refractivity contribution in [3.8, 4) is 0 Å². The average Bonchev–Trinajstić information content (AvgIpc) is 2.39. The van der Waals surface area contributed by atoms with E-state index in [0.717, 1.165) is 5.56 Å². The maximum Gasteiger partial charge on any atom is 0.281 e. The van der Waals surface area contributed by atoms with Crippen LogP contribution in [0.1, 0.15) is 15.9 Å². The molecule has 2 aromatic rings. The molecule has 0 unspecified atom stereocenters. The van der Waals surface area contributed by atoms with E-state index >= 15 is 0 Å². The van der Waals surface area contributed by atoms with Gasteiger partial charge in [-0.3, -0.25) is 4.79 Å². The van der Waals surface area contributed by atoms with Gasteiger partial charge in [0.2, 0.25) is 9.84 Å². The zero-order valence-corrected chi connectivity index (χ0v) is 10.6. The molecule has 0 N–H and O–H groups in total. The van der Waals surface area contributed by atoms with Crippen LogP contribution >= 0.6 is 0 Å². The van der Waals surface area contributed by atoms with Crippen molar-refractivity contribution in [2.45, 2.75) is 11.8 Å². The third kappa shape index (κ3) is 2.33. The fourth-order valence-corrected chi connectivity index (χ4v) is 2.71. The highest BCUT2D eigenvalue weighted by atomic mass is 32.2. The van der Waals surface area contributed by atoms with E-state index in [4.69, 9.17) is 0 Å². The van der Waals surface area contributed by atoms with E-state index in [0.29, 0.717) is 0 Å². The van der Waals surface area contributed by atoms with E-state index in [1.165, 1.54) is 24.3 Å². The molecule has 0 fully saturated rings. The minimum absolute atomic E-state index is 0.0296. The van der Waals surface area contributed by atoms with Crippen LogP contribution in [0.15, 0.2) is 59.5 Å². The molecular formula is C14H12O3S. The third-order valence-electron chi connectivity index (χ3n) is 2.58. The molecule has 0 saturated heterocycles. The van der Waals surface area contributed by atoms with Crippen molar-refractivity contribution in [1.82, 2.24) is 0 Å². The molecule has 2 aromatic carbocycles. The summed E-state index contributed by atoms with van der Waals surface area (Å²) < 4.78 is 24.2. The SMILES string of the molecule is Cc1ccc(S(=O)(=O)C(=O)c2ccccc2)cc1. The van der Waals surface area contributed by atoms with Gasteiger partial charge in [0.1, 0.15) is 0 Å². The number of benzene rings is 2. The molecule has 92 valence electrons. The lowest BCUT2D eigenvalue weighted by atomic mass is 10.2. The van der Waals surface area contributed by atoms with Crippen molar-refractivity contribution in [2.24, 2.45) is 0 Å². The maximum atomic E-state index is 12.1. The Kier molecular flexibility index (Phi) is 3.30. The minimum Gasteiger partial charge on any atom is -0.276 e. The van der Waals surface area contributed by atoms with Crippen molar-refractivity contribution < 1.29 is 13.2 Å². The van der Waals surface area contributed by atoms with E-state index in [-0.39, 0.29) is 10.5 Å². The largest absolute Gasteiger partial charge is 0.281 e. The van der Waals surface area contributed by atoms with E-state index in [1.54, 1.807) is 30.3 Å². The van der Waals surface area contributed by atoms with E-state index in [9.17, 15) is 13.2 Å². The van der Waals surface area contributed by atoms with Crippen molar-refractivity contribution in [2.75, 3.05) is 0 Å². The van der Waals surface area contributed by atoms with Gasteiger partial charge >= 0.3 is 0 Å². The number of hydrogen-bond acceptors (Lipinski definition) is 3. The van der Waals surface area contributed by atoms with E-state index in [1.807, 2.05) is 6.92 Å². The van der Waals surface area contributed by atoms with Crippen molar-refractivity contribution >= 4 is 15.0 Å². The van der Waals surface area contributed by atoms with Crippen LogP contribution in [0.4, 0.5) is 0 Å². The summed E-state index contributed by atoms with van der Waals surface area (Å²) in [6, 6.07) is 14.2. The molecule has 0 spiro atoms. The molecular weight excluding hydrogens is 248 g/mol. The summed E-state index contributed by atoms with van der Waals surface area (Å²) in [5.41, 5.74) is 1.12. The van der Waals surface area contributed by atoms with Crippen LogP contribution in [0.2, 0.25) is 0 Å². The van der Waals surface area contributed by atoms with Crippen LogP contribution in [-0.4, -0.2) is 13.5 Å². The molecule has 0 bridgehead atoms. The zero-order valence-electron chi connectivity index (χ0n) is 9.83. The predicted molar refractivity (Wildman–Crippen MR) is 69.1 cm³/mol. The smallest absolute Gasteiger partial charge is 0.276 e. The Balaban J connectivity index is 2.44. The number of carbonyl (C=O) groups excluding carboxylic acids is 1. The highest BCUT2D eigenvalue weighted by molar-refractivity contribution is 8.06. The molecule has 0 amide bonds. The first-order valence-electron chi connectivity index (χ1n) is 5.43. The summed E-state index contributed by atoms with van der Waals surface area (Å²) in [5.74, 6) is 0. The van der Waals surface area contributed by atoms with Gasteiger partial charge in [-0.1, -0.05) is 48.0 Å². The van der Waals surface area contributed by atoms with Crippen LogP contribution in [0, 0.1) is 6.92 Å². The quantitative estimate of drug-likeness (QED) is 0.834. The van der Waals surface area contributed by atoms with Crippen LogP contribution in [0.5, 0.6) is 0 Å². The van der Waals surface area contributed by atoms with Gasteiger partial charge in [0.15, 0.2) is 0 Å². The molecule has 0 heterocycles. The first kappa shape index (κ1) is 12.5. The van der Waals surface area contributed by atoms with Gasteiger partial charge in [-0.15, -0.1) is 0 Å². The number of aryl methyl sites for hydroxylation is 1. The number of hydrogen-bond donors (Lipinski definition) is 0. The standard InChI is InChI=1S/C14H12O3S/c1-11-7-9-13(10-8-11)18(16,17)14(15)12-5-3-2-4-6-12/h2-10H,1H3. The maximum absolute atomic E-state index is 12.1. The summed E-state index contributed by atoms with van der Waals surface area (Å²) in [6.07, 6.45) is 0. The van der Waals surface area contributed by atoms with Crippen LogP contribution in [-0.2, 0) is 9.84 Å². The number of carbonyl (C=O) groups is 1. The first-order chi connectivity index (χ1) is 8.51. The van der Waals surface area contributed by atoms with Gasteiger partial charge in [0.25, 0.3) is 5.12 Å². The number of rotatable bonds is 2. The molecule has 0 radical (unpaired) electrons. The van der Waals surface area contributed by atoms with Gasteiger partial charge in [0.05, 0.1) is 4.90 Å². The summed E-state index contributed by atoms with van der Waals surface area (Å²) >= 11 is 0. The second kappa shape index (κ2) is 4.74. The molecule has 0 aliphatic heterocycles. The normalized spacial score (nSPS) is 11.2. The predicted octanol–water partition coefficient (Wildman–Crippen LogP) is 2.61. The summed E-state index contributed by atoms with van der Waals surface area (Å²) in [7, 11) is -3.95. The lowest BCUT2D eigenvalue weighted by Crippen LogP contribution is -2.15. The second-order valence-electron chi connectivity index (χ2n) is 3.97. The van der Waals surface area contributed by atoms with Crippen molar-refractivity contribution in [3.63, 3.8) is 0 Å². The monoisotopic (exact) mass is 260 g/mol. The van der Waals surface area contributed by atoms with Gasteiger partial charge < -0.3 is 0 Å². The Hall–Kier alpha value is -1.94. The molecule has 0 saturated carbocycles. The highest BCUT2D eigenvalue weighted by Gasteiger charge is 2.25. The van der Waals surface area contributed by atoms with Gasteiger partial charge in [-0.2, -0.15) is 0 Å². The molecule has 0 aromatic heterocycles. The van der Waals surface area contributed by atoms with Gasteiger partial charge in [-0.05, 0) is 19.1 Å². The van der Waals surface area contributed by atoms with E-state index < -0.39 is 15.0 Å². The topological polar surface area (TPSA) is 51.2 Å². The summed E-state index contributed by atoms with van der Waals surface area (Å²) in [4.78, 5) is 12.0. The lowest BCUT2D eigenvalue weighted by molar-refractivity contribution is 0.107. The average molecular weight is 260 g/mol. The van der Waals surface area contributed by atoms with Crippen molar-refractivity contribution in [3.05, 3.63) is 65.7 Å². The Morgan fingerprint density at radius 1 is 0.889 bits per heavy atom. The summed E-state index contributed by atoms with van der Waals surface area (Å²) in [6.45, 7) is 1.86. The third-order valence-corrected chi connectivity index (χ3v) is 4.20. The van der Waals surface area contributed by atoms with Gasteiger partial charge in [0, 0.05) is 5.56 Å². The molecule has 2 rings (SSSR count).